The normalized spacial score (nSPS) is 19.1. The Morgan fingerprint density at radius 3 is 2.00 bits per heavy atom. The summed E-state index contributed by atoms with van der Waals surface area (Å²) in [5.74, 6) is 0. The van der Waals surface area contributed by atoms with E-state index < -0.39 is 23.7 Å². The topological polar surface area (TPSA) is 80.9 Å². The largest absolute Gasteiger partial charge is 0.396 e. The average Bonchev–Trinajstić information content (AvgIpc) is 2.13. The number of aliphatic hydroxyl groups excluding tert-OH is 3. The molecule has 0 spiro atoms. The van der Waals surface area contributed by atoms with E-state index in [1.54, 1.807) is 13.8 Å². The minimum Gasteiger partial charge on any atom is -0.396 e. The number of rotatable bonds is 6. The Labute approximate surface area is 85.2 Å². The molecule has 14 heavy (non-hydrogen) atoms. The summed E-state index contributed by atoms with van der Waals surface area (Å²) in [6.45, 7) is 4.52. The van der Waals surface area contributed by atoms with Crippen LogP contribution in [0.5, 0.6) is 0 Å². The molecule has 2 atom stereocenters. The van der Waals surface area contributed by atoms with Crippen LogP contribution in [0.1, 0.15) is 33.6 Å². The van der Waals surface area contributed by atoms with E-state index in [4.69, 9.17) is 10.2 Å². The van der Waals surface area contributed by atoms with E-state index in [0.717, 1.165) is 0 Å². The van der Waals surface area contributed by atoms with Crippen LogP contribution in [0.2, 0.25) is 0 Å². The molecular weight excluding hydrogens is 184 g/mol. The first kappa shape index (κ1) is 13.8. The fourth-order valence-electron chi connectivity index (χ4n) is 1.21. The Morgan fingerprint density at radius 2 is 1.64 bits per heavy atom. The van der Waals surface area contributed by atoms with Crippen LogP contribution in [-0.2, 0) is 0 Å². The molecule has 0 bridgehead atoms. The predicted octanol–water partition coefficient (Wildman–Crippen LogP) is -0.111. The van der Waals surface area contributed by atoms with Crippen molar-refractivity contribution in [3.63, 3.8) is 0 Å². The molecule has 0 fully saturated rings. The Hall–Kier alpha value is -0.160. The summed E-state index contributed by atoms with van der Waals surface area (Å²) in [6.07, 6.45) is 0.169. The van der Waals surface area contributed by atoms with Crippen LogP contribution in [0, 0.1) is 5.41 Å². The molecule has 0 aliphatic rings. The number of hydrogen-bond acceptors (Lipinski definition) is 4. The molecule has 2 unspecified atom stereocenters. The van der Waals surface area contributed by atoms with Gasteiger partial charge in [-0.05, 0) is 19.8 Å². The zero-order valence-electron chi connectivity index (χ0n) is 9.19. The molecule has 0 radical (unpaired) electrons. The Balaban J connectivity index is 4.43. The molecule has 0 amide bonds. The fraction of sp³-hybridized carbons (Fsp3) is 1.00. The number of aliphatic hydroxyl groups is 4. The van der Waals surface area contributed by atoms with Gasteiger partial charge in [0.25, 0.3) is 0 Å². The molecule has 0 aliphatic carbocycles. The third-order valence-corrected chi connectivity index (χ3v) is 3.16. The van der Waals surface area contributed by atoms with E-state index >= 15 is 0 Å². The number of hydrogen-bond donors (Lipinski definition) is 4. The van der Waals surface area contributed by atoms with Crippen LogP contribution in [0.4, 0.5) is 0 Å². The molecule has 4 nitrogen and oxygen atoms in total. The van der Waals surface area contributed by atoms with Crippen molar-refractivity contribution in [1.82, 2.24) is 0 Å². The van der Waals surface area contributed by atoms with Crippen LogP contribution in [0.3, 0.4) is 0 Å². The molecular formula is C10H22O4. The highest BCUT2D eigenvalue weighted by atomic mass is 16.3. The first-order valence-electron chi connectivity index (χ1n) is 4.91. The van der Waals surface area contributed by atoms with Gasteiger partial charge in [-0.15, -0.1) is 0 Å². The third-order valence-electron chi connectivity index (χ3n) is 3.16. The van der Waals surface area contributed by atoms with Gasteiger partial charge in [-0.25, -0.2) is 0 Å². The van der Waals surface area contributed by atoms with Crippen molar-refractivity contribution >= 4 is 0 Å². The summed E-state index contributed by atoms with van der Waals surface area (Å²) in [4.78, 5) is 0. The molecule has 4 N–H and O–H groups in total. The average molecular weight is 206 g/mol. The molecule has 0 saturated heterocycles. The fourth-order valence-corrected chi connectivity index (χ4v) is 1.21. The van der Waals surface area contributed by atoms with E-state index in [1.165, 1.54) is 6.92 Å². The molecule has 0 rings (SSSR count). The third kappa shape index (κ3) is 2.92. The maximum atomic E-state index is 9.85. The summed E-state index contributed by atoms with van der Waals surface area (Å²) in [6, 6.07) is 0. The Morgan fingerprint density at radius 1 is 1.14 bits per heavy atom. The lowest BCUT2D eigenvalue weighted by atomic mass is 9.71. The van der Waals surface area contributed by atoms with Gasteiger partial charge >= 0.3 is 0 Å². The van der Waals surface area contributed by atoms with Crippen molar-refractivity contribution < 1.29 is 20.4 Å². The van der Waals surface area contributed by atoms with Crippen LogP contribution in [-0.4, -0.2) is 45.3 Å². The molecule has 0 aromatic rings. The van der Waals surface area contributed by atoms with Gasteiger partial charge < -0.3 is 20.4 Å². The molecule has 0 saturated carbocycles. The lowest BCUT2D eigenvalue weighted by Crippen LogP contribution is -2.51. The monoisotopic (exact) mass is 206 g/mol. The van der Waals surface area contributed by atoms with Gasteiger partial charge in [0.05, 0.1) is 18.3 Å². The highest BCUT2D eigenvalue weighted by molar-refractivity contribution is 4.94. The lowest BCUT2D eigenvalue weighted by molar-refractivity contribution is -0.139. The summed E-state index contributed by atoms with van der Waals surface area (Å²) >= 11 is 0. The van der Waals surface area contributed by atoms with Gasteiger partial charge in [0.1, 0.15) is 0 Å². The van der Waals surface area contributed by atoms with E-state index in [2.05, 4.69) is 0 Å². The molecule has 4 heteroatoms. The second-order valence-corrected chi connectivity index (χ2v) is 4.54. The second-order valence-electron chi connectivity index (χ2n) is 4.54. The van der Waals surface area contributed by atoms with Gasteiger partial charge in [0.2, 0.25) is 0 Å². The standard InChI is InChI=1S/C10H22O4/c1-9(2,10(3,14)7-12)8(13)5-4-6-11/h8,11-14H,4-7H2,1-3H3. The highest BCUT2D eigenvalue weighted by Gasteiger charge is 2.43. The van der Waals surface area contributed by atoms with Crippen LogP contribution in [0.15, 0.2) is 0 Å². The van der Waals surface area contributed by atoms with Crippen molar-refractivity contribution in [3.05, 3.63) is 0 Å². The zero-order valence-corrected chi connectivity index (χ0v) is 9.19. The maximum Gasteiger partial charge on any atom is 0.0924 e. The smallest absolute Gasteiger partial charge is 0.0924 e. The SMILES string of the molecule is CC(O)(CO)C(C)(C)C(O)CCCO. The van der Waals surface area contributed by atoms with Crippen molar-refractivity contribution in [2.75, 3.05) is 13.2 Å². The van der Waals surface area contributed by atoms with E-state index in [-0.39, 0.29) is 6.61 Å². The van der Waals surface area contributed by atoms with Crippen LogP contribution < -0.4 is 0 Å². The minimum atomic E-state index is -1.32. The lowest BCUT2D eigenvalue weighted by Gasteiger charge is -2.42. The van der Waals surface area contributed by atoms with Crippen LogP contribution in [0.25, 0.3) is 0 Å². The summed E-state index contributed by atoms with van der Waals surface area (Å²) in [7, 11) is 0. The molecule has 0 aromatic carbocycles. The predicted molar refractivity (Wildman–Crippen MR) is 53.8 cm³/mol. The van der Waals surface area contributed by atoms with E-state index in [9.17, 15) is 10.2 Å². The highest BCUT2D eigenvalue weighted by Crippen LogP contribution is 2.35. The van der Waals surface area contributed by atoms with Crippen molar-refractivity contribution in [2.45, 2.75) is 45.3 Å². The van der Waals surface area contributed by atoms with Crippen molar-refractivity contribution in [2.24, 2.45) is 5.41 Å². The van der Waals surface area contributed by atoms with Gasteiger partial charge in [0.15, 0.2) is 0 Å². The summed E-state index contributed by atoms with van der Waals surface area (Å²) in [5, 5.41) is 37.3. The zero-order chi connectivity index (χ0) is 11.4. The first-order chi connectivity index (χ1) is 6.29. The molecule has 0 heterocycles. The molecule has 86 valence electrons. The second kappa shape index (κ2) is 5.07. The van der Waals surface area contributed by atoms with Crippen molar-refractivity contribution in [1.29, 1.82) is 0 Å². The van der Waals surface area contributed by atoms with E-state index in [0.29, 0.717) is 12.8 Å². The summed E-state index contributed by atoms with van der Waals surface area (Å²) < 4.78 is 0. The van der Waals surface area contributed by atoms with Gasteiger partial charge in [-0.3, -0.25) is 0 Å². The quantitative estimate of drug-likeness (QED) is 0.489. The van der Waals surface area contributed by atoms with Crippen molar-refractivity contribution in [3.8, 4) is 0 Å². The van der Waals surface area contributed by atoms with Gasteiger partial charge in [-0.2, -0.15) is 0 Å². The first-order valence-corrected chi connectivity index (χ1v) is 4.91. The van der Waals surface area contributed by atoms with Gasteiger partial charge in [-0.1, -0.05) is 13.8 Å². The van der Waals surface area contributed by atoms with Gasteiger partial charge in [0, 0.05) is 12.0 Å². The van der Waals surface area contributed by atoms with Crippen LogP contribution >= 0.6 is 0 Å². The Bertz CT molecular complexity index is 166. The molecule has 0 aliphatic heterocycles. The Kier molecular flexibility index (Phi) is 5.01. The summed E-state index contributed by atoms with van der Waals surface area (Å²) in [5.41, 5.74) is -2.11. The molecule has 0 aromatic heterocycles. The van der Waals surface area contributed by atoms with E-state index in [1.807, 2.05) is 0 Å². The maximum absolute atomic E-state index is 9.85. The minimum absolute atomic E-state index is 0.0222.